The molecule has 0 saturated carbocycles. The standard InChI is InChI=1S/C12H19NO3S/c1-9(6-7-13)11-8-10(17(3,14)15)4-5-12(11)16-2/h4-5,8-9H,6-7,13H2,1-3H3. The lowest BCUT2D eigenvalue weighted by atomic mass is 9.97. The van der Waals surface area contributed by atoms with Crippen LogP contribution >= 0.6 is 0 Å². The van der Waals surface area contributed by atoms with Gasteiger partial charge in [0.2, 0.25) is 0 Å². The number of rotatable bonds is 5. The van der Waals surface area contributed by atoms with Crippen LogP contribution in [0.25, 0.3) is 0 Å². The van der Waals surface area contributed by atoms with E-state index in [1.807, 2.05) is 6.92 Å². The Morgan fingerprint density at radius 1 is 1.41 bits per heavy atom. The fourth-order valence-electron chi connectivity index (χ4n) is 1.73. The second-order valence-corrected chi connectivity index (χ2v) is 6.17. The van der Waals surface area contributed by atoms with Crippen molar-refractivity contribution in [2.45, 2.75) is 24.2 Å². The van der Waals surface area contributed by atoms with Crippen molar-refractivity contribution in [2.24, 2.45) is 5.73 Å². The summed E-state index contributed by atoms with van der Waals surface area (Å²) in [5.41, 5.74) is 6.41. The van der Waals surface area contributed by atoms with Crippen LogP contribution < -0.4 is 10.5 Å². The molecule has 0 spiro atoms. The smallest absolute Gasteiger partial charge is 0.175 e. The molecule has 0 aliphatic rings. The van der Waals surface area contributed by atoms with Crippen LogP contribution in [0.3, 0.4) is 0 Å². The first-order valence-electron chi connectivity index (χ1n) is 5.48. The summed E-state index contributed by atoms with van der Waals surface area (Å²) >= 11 is 0. The summed E-state index contributed by atoms with van der Waals surface area (Å²) in [7, 11) is -1.61. The number of sulfone groups is 1. The predicted molar refractivity (Wildman–Crippen MR) is 68.2 cm³/mol. The van der Waals surface area contributed by atoms with E-state index >= 15 is 0 Å². The largest absolute Gasteiger partial charge is 0.496 e. The topological polar surface area (TPSA) is 69.4 Å². The van der Waals surface area contributed by atoms with Crippen LogP contribution in [0.1, 0.15) is 24.8 Å². The highest BCUT2D eigenvalue weighted by Crippen LogP contribution is 2.30. The van der Waals surface area contributed by atoms with Gasteiger partial charge in [-0.2, -0.15) is 0 Å². The quantitative estimate of drug-likeness (QED) is 0.869. The average molecular weight is 257 g/mol. The summed E-state index contributed by atoms with van der Waals surface area (Å²) in [4.78, 5) is 0.317. The first kappa shape index (κ1) is 14.0. The minimum atomic E-state index is -3.19. The number of hydrogen-bond donors (Lipinski definition) is 1. The molecule has 17 heavy (non-hydrogen) atoms. The molecular weight excluding hydrogens is 238 g/mol. The van der Waals surface area contributed by atoms with Gasteiger partial charge in [-0.1, -0.05) is 6.92 Å². The predicted octanol–water partition coefficient (Wildman–Crippen LogP) is 1.55. The Labute approximate surface area is 103 Å². The van der Waals surface area contributed by atoms with Crippen LogP contribution in [-0.4, -0.2) is 28.3 Å². The van der Waals surface area contributed by atoms with E-state index in [1.165, 1.54) is 6.26 Å². The molecular formula is C12H19NO3S. The first-order valence-corrected chi connectivity index (χ1v) is 7.37. The molecule has 1 aromatic carbocycles. The van der Waals surface area contributed by atoms with Gasteiger partial charge in [0.15, 0.2) is 9.84 Å². The molecule has 0 aliphatic heterocycles. The van der Waals surface area contributed by atoms with Crippen molar-refractivity contribution >= 4 is 9.84 Å². The molecule has 0 fully saturated rings. The van der Waals surface area contributed by atoms with Gasteiger partial charge >= 0.3 is 0 Å². The molecule has 1 rings (SSSR count). The molecule has 0 radical (unpaired) electrons. The maximum atomic E-state index is 11.5. The van der Waals surface area contributed by atoms with Gasteiger partial charge in [-0.15, -0.1) is 0 Å². The molecule has 2 N–H and O–H groups in total. The number of ether oxygens (including phenoxy) is 1. The maximum Gasteiger partial charge on any atom is 0.175 e. The highest BCUT2D eigenvalue weighted by molar-refractivity contribution is 7.90. The summed E-state index contributed by atoms with van der Waals surface area (Å²) in [6.45, 7) is 2.57. The van der Waals surface area contributed by atoms with Crippen molar-refractivity contribution in [1.29, 1.82) is 0 Å². The second kappa shape index (κ2) is 5.51. The third-order valence-electron chi connectivity index (χ3n) is 2.76. The van der Waals surface area contributed by atoms with Crippen LogP contribution in [-0.2, 0) is 9.84 Å². The van der Waals surface area contributed by atoms with Crippen molar-refractivity contribution in [3.8, 4) is 5.75 Å². The van der Waals surface area contributed by atoms with Crippen LogP contribution in [0.2, 0.25) is 0 Å². The lowest BCUT2D eigenvalue weighted by Crippen LogP contribution is -2.07. The van der Waals surface area contributed by atoms with Gasteiger partial charge < -0.3 is 10.5 Å². The summed E-state index contributed by atoms with van der Waals surface area (Å²) in [5, 5.41) is 0. The fraction of sp³-hybridized carbons (Fsp3) is 0.500. The monoisotopic (exact) mass is 257 g/mol. The first-order chi connectivity index (χ1) is 7.90. The van der Waals surface area contributed by atoms with Crippen LogP contribution in [0.5, 0.6) is 5.75 Å². The van der Waals surface area contributed by atoms with Crippen LogP contribution in [0.15, 0.2) is 23.1 Å². The Kier molecular flexibility index (Phi) is 4.54. The van der Waals surface area contributed by atoms with Gasteiger partial charge in [0.25, 0.3) is 0 Å². The van der Waals surface area contributed by atoms with E-state index in [1.54, 1.807) is 25.3 Å². The highest BCUT2D eigenvalue weighted by Gasteiger charge is 2.15. The second-order valence-electron chi connectivity index (χ2n) is 4.15. The third-order valence-corrected chi connectivity index (χ3v) is 3.87. The number of methoxy groups -OCH3 is 1. The molecule has 96 valence electrons. The molecule has 4 nitrogen and oxygen atoms in total. The Bertz CT molecular complexity index is 483. The zero-order chi connectivity index (χ0) is 13.1. The zero-order valence-corrected chi connectivity index (χ0v) is 11.3. The fourth-order valence-corrected chi connectivity index (χ4v) is 2.39. The minimum absolute atomic E-state index is 0.177. The van der Waals surface area contributed by atoms with E-state index in [0.29, 0.717) is 17.2 Å². The van der Waals surface area contributed by atoms with Gasteiger partial charge in [-0.25, -0.2) is 8.42 Å². The molecule has 0 aromatic heterocycles. The Morgan fingerprint density at radius 3 is 2.53 bits per heavy atom. The van der Waals surface area contributed by atoms with Crippen molar-refractivity contribution in [3.63, 3.8) is 0 Å². The van der Waals surface area contributed by atoms with Gasteiger partial charge in [0, 0.05) is 6.26 Å². The number of benzene rings is 1. The van der Waals surface area contributed by atoms with Gasteiger partial charge in [-0.3, -0.25) is 0 Å². The molecule has 5 heteroatoms. The normalized spacial score (nSPS) is 13.4. The molecule has 0 saturated heterocycles. The third kappa shape index (κ3) is 3.44. The lowest BCUT2D eigenvalue weighted by Gasteiger charge is -2.15. The zero-order valence-electron chi connectivity index (χ0n) is 10.4. The van der Waals surface area contributed by atoms with Crippen LogP contribution in [0.4, 0.5) is 0 Å². The SMILES string of the molecule is COc1ccc(S(C)(=O)=O)cc1C(C)CCN. The van der Waals surface area contributed by atoms with Crippen LogP contribution in [0, 0.1) is 0 Å². The van der Waals surface area contributed by atoms with Crippen molar-refractivity contribution in [2.75, 3.05) is 19.9 Å². The Morgan fingerprint density at radius 2 is 2.06 bits per heavy atom. The number of hydrogen-bond acceptors (Lipinski definition) is 4. The summed E-state index contributed by atoms with van der Waals surface area (Å²) in [6, 6.07) is 4.93. The molecule has 1 atom stereocenters. The van der Waals surface area contributed by atoms with E-state index in [-0.39, 0.29) is 5.92 Å². The molecule has 0 amide bonds. The van der Waals surface area contributed by atoms with Gasteiger partial charge in [0.05, 0.1) is 12.0 Å². The molecule has 0 aliphatic carbocycles. The molecule has 0 heterocycles. The van der Waals surface area contributed by atoms with Crippen molar-refractivity contribution < 1.29 is 13.2 Å². The number of nitrogens with two attached hydrogens (primary N) is 1. The highest BCUT2D eigenvalue weighted by atomic mass is 32.2. The Balaban J connectivity index is 3.24. The van der Waals surface area contributed by atoms with Gasteiger partial charge in [0.1, 0.15) is 5.75 Å². The Hall–Kier alpha value is -1.07. The van der Waals surface area contributed by atoms with E-state index in [2.05, 4.69) is 0 Å². The molecule has 1 unspecified atom stereocenters. The van der Waals surface area contributed by atoms with Crippen molar-refractivity contribution in [3.05, 3.63) is 23.8 Å². The summed E-state index contributed by atoms with van der Waals surface area (Å²) < 4.78 is 28.2. The minimum Gasteiger partial charge on any atom is -0.496 e. The van der Waals surface area contributed by atoms with Gasteiger partial charge in [-0.05, 0) is 42.6 Å². The van der Waals surface area contributed by atoms with E-state index in [4.69, 9.17) is 10.5 Å². The lowest BCUT2D eigenvalue weighted by molar-refractivity contribution is 0.405. The van der Waals surface area contributed by atoms with E-state index < -0.39 is 9.84 Å². The van der Waals surface area contributed by atoms with E-state index in [0.717, 1.165) is 12.0 Å². The van der Waals surface area contributed by atoms with E-state index in [9.17, 15) is 8.42 Å². The summed E-state index contributed by atoms with van der Waals surface area (Å²) in [6.07, 6.45) is 2.00. The van der Waals surface area contributed by atoms with Crippen molar-refractivity contribution in [1.82, 2.24) is 0 Å². The molecule has 0 bridgehead atoms. The molecule has 1 aromatic rings. The summed E-state index contributed by atoms with van der Waals surface area (Å²) in [5.74, 6) is 0.884. The maximum absolute atomic E-state index is 11.5. The average Bonchev–Trinajstić information content (AvgIpc) is 2.27.